The molecule has 0 saturated heterocycles. The first-order valence-electron chi connectivity index (χ1n) is 5.37. The number of hydrogen-bond acceptors (Lipinski definition) is 3. The second-order valence-corrected chi connectivity index (χ2v) is 3.91. The number of rotatable bonds is 2. The SMILES string of the molecule is Cn1c(-c2ccccc2)nn2c(C(=O)O)cnc12. The molecule has 3 rings (SSSR count). The van der Waals surface area contributed by atoms with Crippen LogP contribution in [0.2, 0.25) is 0 Å². The first kappa shape index (κ1) is 10.5. The molecule has 90 valence electrons. The number of carboxylic acids is 1. The van der Waals surface area contributed by atoms with Crippen molar-refractivity contribution in [3.63, 3.8) is 0 Å². The maximum absolute atomic E-state index is 11.0. The van der Waals surface area contributed by atoms with Crippen LogP contribution < -0.4 is 0 Å². The largest absolute Gasteiger partial charge is 0.476 e. The van der Waals surface area contributed by atoms with Gasteiger partial charge in [-0.1, -0.05) is 30.3 Å². The Morgan fingerprint density at radius 2 is 2.00 bits per heavy atom. The smallest absolute Gasteiger partial charge is 0.356 e. The Labute approximate surface area is 102 Å². The van der Waals surface area contributed by atoms with Gasteiger partial charge in [-0.05, 0) is 0 Å². The summed E-state index contributed by atoms with van der Waals surface area (Å²) >= 11 is 0. The summed E-state index contributed by atoms with van der Waals surface area (Å²) in [5, 5.41) is 13.3. The van der Waals surface area contributed by atoms with Crippen molar-refractivity contribution in [2.24, 2.45) is 7.05 Å². The molecule has 0 bridgehead atoms. The highest BCUT2D eigenvalue weighted by molar-refractivity contribution is 5.86. The number of aromatic nitrogens is 4. The fourth-order valence-corrected chi connectivity index (χ4v) is 1.90. The van der Waals surface area contributed by atoms with Crippen LogP contribution in [0.15, 0.2) is 36.5 Å². The molecule has 2 aromatic heterocycles. The molecule has 1 N–H and O–H groups in total. The van der Waals surface area contributed by atoms with Gasteiger partial charge in [-0.15, -0.1) is 5.10 Å². The third-order valence-electron chi connectivity index (χ3n) is 2.78. The molecule has 6 nitrogen and oxygen atoms in total. The number of hydrogen-bond donors (Lipinski definition) is 1. The third kappa shape index (κ3) is 1.39. The van der Waals surface area contributed by atoms with Gasteiger partial charge in [0.15, 0.2) is 11.5 Å². The van der Waals surface area contributed by atoms with E-state index >= 15 is 0 Å². The van der Waals surface area contributed by atoms with Gasteiger partial charge in [-0.25, -0.2) is 9.78 Å². The average Bonchev–Trinajstić information content (AvgIpc) is 2.91. The van der Waals surface area contributed by atoms with E-state index in [1.54, 1.807) is 4.57 Å². The number of nitrogens with zero attached hydrogens (tertiary/aromatic N) is 4. The Morgan fingerprint density at radius 3 is 2.67 bits per heavy atom. The normalized spacial score (nSPS) is 10.9. The predicted molar refractivity (Wildman–Crippen MR) is 64.4 cm³/mol. The van der Waals surface area contributed by atoms with E-state index in [0.29, 0.717) is 11.6 Å². The van der Waals surface area contributed by atoms with Crippen molar-refractivity contribution < 1.29 is 9.90 Å². The van der Waals surface area contributed by atoms with Gasteiger partial charge < -0.3 is 5.11 Å². The Kier molecular flexibility index (Phi) is 2.16. The van der Waals surface area contributed by atoms with Gasteiger partial charge in [-0.3, -0.25) is 4.57 Å². The standard InChI is InChI=1S/C12H10N4O2/c1-15-10(8-5-3-2-4-6-8)14-16-9(11(17)18)7-13-12(15)16/h2-7H,1H3,(H,17,18). The van der Waals surface area contributed by atoms with Gasteiger partial charge in [0.25, 0.3) is 0 Å². The van der Waals surface area contributed by atoms with E-state index in [4.69, 9.17) is 5.11 Å². The number of benzene rings is 1. The first-order chi connectivity index (χ1) is 8.68. The fourth-order valence-electron chi connectivity index (χ4n) is 1.90. The van der Waals surface area contributed by atoms with Gasteiger partial charge in [0.2, 0.25) is 5.78 Å². The summed E-state index contributed by atoms with van der Waals surface area (Å²) in [6.45, 7) is 0. The van der Waals surface area contributed by atoms with Gasteiger partial charge in [-0.2, -0.15) is 4.52 Å². The van der Waals surface area contributed by atoms with Crippen LogP contribution in [-0.4, -0.2) is 30.2 Å². The molecule has 2 heterocycles. The molecule has 0 aliphatic carbocycles. The van der Waals surface area contributed by atoms with Crippen molar-refractivity contribution >= 4 is 11.7 Å². The number of aryl methyl sites for hydroxylation is 1. The molecule has 3 aromatic rings. The highest BCUT2D eigenvalue weighted by atomic mass is 16.4. The van der Waals surface area contributed by atoms with E-state index in [9.17, 15) is 4.79 Å². The summed E-state index contributed by atoms with van der Waals surface area (Å²) in [6.07, 6.45) is 1.30. The summed E-state index contributed by atoms with van der Waals surface area (Å²) in [5.74, 6) is 0.146. The minimum Gasteiger partial charge on any atom is -0.476 e. The van der Waals surface area contributed by atoms with Gasteiger partial charge in [0.1, 0.15) is 0 Å². The number of carbonyl (C=O) groups is 1. The van der Waals surface area contributed by atoms with Crippen LogP contribution in [0.3, 0.4) is 0 Å². The molecular weight excluding hydrogens is 232 g/mol. The number of carboxylic acid groups (broad SMARTS) is 1. The highest BCUT2D eigenvalue weighted by Crippen LogP contribution is 2.19. The maximum atomic E-state index is 11.0. The van der Waals surface area contributed by atoms with Crippen molar-refractivity contribution in [2.45, 2.75) is 0 Å². The van der Waals surface area contributed by atoms with E-state index in [2.05, 4.69) is 10.1 Å². The molecule has 0 spiro atoms. The summed E-state index contributed by atoms with van der Waals surface area (Å²) in [4.78, 5) is 15.1. The second-order valence-electron chi connectivity index (χ2n) is 3.91. The average molecular weight is 242 g/mol. The molecule has 0 unspecified atom stereocenters. The maximum Gasteiger partial charge on any atom is 0.356 e. The molecule has 0 radical (unpaired) electrons. The zero-order chi connectivity index (χ0) is 12.7. The van der Waals surface area contributed by atoms with Crippen LogP contribution in [0, 0.1) is 0 Å². The zero-order valence-electron chi connectivity index (χ0n) is 9.61. The lowest BCUT2D eigenvalue weighted by molar-refractivity contribution is 0.0688. The van der Waals surface area contributed by atoms with E-state index in [-0.39, 0.29) is 5.69 Å². The van der Waals surface area contributed by atoms with E-state index in [1.165, 1.54) is 10.7 Å². The van der Waals surface area contributed by atoms with Crippen LogP contribution in [0.1, 0.15) is 10.5 Å². The van der Waals surface area contributed by atoms with Crippen molar-refractivity contribution in [3.8, 4) is 11.4 Å². The predicted octanol–water partition coefficient (Wildman–Crippen LogP) is 1.43. The molecule has 6 heteroatoms. The van der Waals surface area contributed by atoms with Crippen molar-refractivity contribution in [3.05, 3.63) is 42.2 Å². The first-order valence-corrected chi connectivity index (χ1v) is 5.37. The zero-order valence-corrected chi connectivity index (χ0v) is 9.61. The lowest BCUT2D eigenvalue weighted by Gasteiger charge is -1.98. The number of imidazole rings is 1. The molecule has 18 heavy (non-hydrogen) atoms. The lowest BCUT2D eigenvalue weighted by atomic mass is 10.2. The molecule has 0 saturated carbocycles. The Balaban J connectivity index is 2.27. The summed E-state index contributed by atoms with van der Waals surface area (Å²) < 4.78 is 3.10. The monoisotopic (exact) mass is 242 g/mol. The molecule has 0 fully saturated rings. The highest BCUT2D eigenvalue weighted by Gasteiger charge is 2.17. The summed E-state index contributed by atoms with van der Waals surface area (Å²) in [5.41, 5.74) is 0.976. The molecule has 0 atom stereocenters. The van der Waals surface area contributed by atoms with E-state index in [0.717, 1.165) is 5.56 Å². The number of aromatic carboxylic acids is 1. The third-order valence-corrected chi connectivity index (χ3v) is 2.78. The summed E-state index contributed by atoms with van der Waals surface area (Å²) in [7, 11) is 1.81. The van der Waals surface area contributed by atoms with Crippen molar-refractivity contribution in [1.29, 1.82) is 0 Å². The van der Waals surface area contributed by atoms with Crippen LogP contribution in [0.4, 0.5) is 0 Å². The van der Waals surface area contributed by atoms with Crippen LogP contribution in [0.25, 0.3) is 17.2 Å². The van der Waals surface area contributed by atoms with Gasteiger partial charge in [0.05, 0.1) is 6.20 Å². The fraction of sp³-hybridized carbons (Fsp3) is 0.0833. The Hall–Kier alpha value is -2.63. The molecular formula is C12H10N4O2. The minimum absolute atomic E-state index is 0.0581. The Bertz CT molecular complexity index is 727. The van der Waals surface area contributed by atoms with Crippen LogP contribution in [-0.2, 0) is 7.05 Å². The van der Waals surface area contributed by atoms with Crippen molar-refractivity contribution in [1.82, 2.24) is 19.2 Å². The molecule has 1 aromatic carbocycles. The lowest BCUT2D eigenvalue weighted by Crippen LogP contribution is -2.01. The van der Waals surface area contributed by atoms with E-state index in [1.807, 2.05) is 37.4 Å². The summed E-state index contributed by atoms with van der Waals surface area (Å²) in [6, 6.07) is 9.57. The van der Waals surface area contributed by atoms with Gasteiger partial charge >= 0.3 is 5.97 Å². The van der Waals surface area contributed by atoms with Gasteiger partial charge in [0, 0.05) is 12.6 Å². The Morgan fingerprint density at radius 1 is 1.28 bits per heavy atom. The molecule has 0 aliphatic rings. The van der Waals surface area contributed by atoms with E-state index < -0.39 is 5.97 Å². The van der Waals surface area contributed by atoms with Crippen LogP contribution >= 0.6 is 0 Å². The van der Waals surface area contributed by atoms with Crippen LogP contribution in [0.5, 0.6) is 0 Å². The van der Waals surface area contributed by atoms with Crippen molar-refractivity contribution in [2.75, 3.05) is 0 Å². The molecule has 0 aliphatic heterocycles. The quantitative estimate of drug-likeness (QED) is 0.737. The molecule has 0 amide bonds. The minimum atomic E-state index is -1.04. The topological polar surface area (TPSA) is 72.4 Å². The number of fused-ring (bicyclic) bond motifs is 1. The second kappa shape index (κ2) is 3.69.